The number of carboxylic acid groups (broad SMARTS) is 1. The van der Waals surface area contributed by atoms with Gasteiger partial charge in [-0.3, -0.25) is 19.2 Å². The van der Waals surface area contributed by atoms with Crippen molar-refractivity contribution < 1.29 is 24.3 Å². The number of carbonyl (C=O) groups is 4. The number of benzene rings is 1. The van der Waals surface area contributed by atoms with Crippen molar-refractivity contribution in [3.05, 3.63) is 24.3 Å². The van der Waals surface area contributed by atoms with Crippen molar-refractivity contribution in [3.63, 3.8) is 0 Å². The average Bonchev–Trinajstić information content (AvgIpc) is 2.62. The number of hydrogen-bond acceptors (Lipinski definition) is 4. The topological polar surface area (TPSA) is 116 Å². The van der Waals surface area contributed by atoms with E-state index in [9.17, 15) is 19.2 Å². The summed E-state index contributed by atoms with van der Waals surface area (Å²) in [5.41, 5.74) is 1.16. The zero-order valence-corrected chi connectivity index (χ0v) is 14.7. The largest absolute Gasteiger partial charge is 0.481 e. The molecule has 1 aliphatic rings. The lowest BCUT2D eigenvalue weighted by atomic mass is 10.0. The molecule has 0 radical (unpaired) electrons. The van der Waals surface area contributed by atoms with Gasteiger partial charge in [-0.05, 0) is 18.6 Å². The number of fused-ring (bicyclic) bond motifs is 1. The van der Waals surface area contributed by atoms with Gasteiger partial charge in [-0.2, -0.15) is 0 Å². The smallest absolute Gasteiger partial charge is 0.308 e. The lowest BCUT2D eigenvalue weighted by Gasteiger charge is -2.29. The Hall–Kier alpha value is -2.90. The molecule has 0 saturated carbocycles. The molecule has 0 spiro atoms. The van der Waals surface area contributed by atoms with E-state index < -0.39 is 11.9 Å². The predicted octanol–water partition coefficient (Wildman–Crippen LogP) is 1.37. The van der Waals surface area contributed by atoms with Crippen LogP contribution in [0.5, 0.6) is 0 Å². The Morgan fingerprint density at radius 2 is 2.00 bits per heavy atom. The van der Waals surface area contributed by atoms with Gasteiger partial charge in [-0.1, -0.05) is 25.5 Å². The molecule has 1 aromatic carbocycles. The first kappa shape index (κ1) is 19.4. The standard InChI is InChI=1S/C18H23N3O5/c1-2-5-12(18(25)26)10-19-15(22)8-9-17(24)21-11-16(23)20-13-6-3-4-7-14(13)21/h3-4,6-7,12H,2,5,8-11H2,1H3,(H,19,22)(H,20,23)(H,25,26). The molecule has 1 heterocycles. The summed E-state index contributed by atoms with van der Waals surface area (Å²) in [5, 5.41) is 14.3. The second kappa shape index (κ2) is 8.98. The SMILES string of the molecule is CCCC(CNC(=O)CCC(=O)N1CC(=O)Nc2ccccc21)C(=O)O. The van der Waals surface area contributed by atoms with Crippen molar-refractivity contribution in [2.24, 2.45) is 5.92 Å². The molecule has 3 amide bonds. The number of nitrogens with one attached hydrogen (secondary N) is 2. The van der Waals surface area contributed by atoms with E-state index in [4.69, 9.17) is 5.11 Å². The van der Waals surface area contributed by atoms with E-state index in [1.54, 1.807) is 24.3 Å². The van der Waals surface area contributed by atoms with Crippen LogP contribution in [0.1, 0.15) is 32.6 Å². The fourth-order valence-corrected chi connectivity index (χ4v) is 2.80. The summed E-state index contributed by atoms with van der Waals surface area (Å²) in [7, 11) is 0. The van der Waals surface area contributed by atoms with Gasteiger partial charge in [0.15, 0.2) is 0 Å². The Morgan fingerprint density at radius 3 is 2.69 bits per heavy atom. The molecule has 8 nitrogen and oxygen atoms in total. The van der Waals surface area contributed by atoms with Gasteiger partial charge in [-0.25, -0.2) is 0 Å². The highest BCUT2D eigenvalue weighted by molar-refractivity contribution is 6.10. The van der Waals surface area contributed by atoms with E-state index >= 15 is 0 Å². The monoisotopic (exact) mass is 361 g/mol. The Kier molecular flexibility index (Phi) is 6.71. The first-order valence-electron chi connectivity index (χ1n) is 8.61. The minimum absolute atomic E-state index is 0.0468. The van der Waals surface area contributed by atoms with Crippen molar-refractivity contribution in [1.82, 2.24) is 5.32 Å². The van der Waals surface area contributed by atoms with Crippen molar-refractivity contribution in [3.8, 4) is 0 Å². The Bertz CT molecular complexity index is 704. The molecule has 1 atom stereocenters. The van der Waals surface area contributed by atoms with Crippen LogP contribution < -0.4 is 15.5 Å². The summed E-state index contributed by atoms with van der Waals surface area (Å²) in [6, 6.07) is 6.97. The molecule has 0 bridgehead atoms. The molecule has 0 aromatic heterocycles. The summed E-state index contributed by atoms with van der Waals surface area (Å²) < 4.78 is 0. The second-order valence-corrected chi connectivity index (χ2v) is 6.17. The molecule has 2 rings (SSSR count). The maximum Gasteiger partial charge on any atom is 0.308 e. The quantitative estimate of drug-likeness (QED) is 0.647. The molecule has 1 aliphatic heterocycles. The molecule has 0 aliphatic carbocycles. The Labute approximate surface area is 151 Å². The minimum Gasteiger partial charge on any atom is -0.481 e. The molecule has 3 N–H and O–H groups in total. The highest BCUT2D eigenvalue weighted by Gasteiger charge is 2.26. The lowest BCUT2D eigenvalue weighted by molar-refractivity contribution is -0.142. The molecule has 26 heavy (non-hydrogen) atoms. The summed E-state index contributed by atoms with van der Waals surface area (Å²) in [6.07, 6.45) is 1.08. The van der Waals surface area contributed by atoms with E-state index in [-0.39, 0.29) is 43.7 Å². The van der Waals surface area contributed by atoms with Crippen LogP contribution in [0, 0.1) is 5.92 Å². The zero-order valence-electron chi connectivity index (χ0n) is 14.7. The van der Waals surface area contributed by atoms with E-state index in [1.165, 1.54) is 4.90 Å². The van der Waals surface area contributed by atoms with Crippen LogP contribution in [-0.2, 0) is 19.2 Å². The Morgan fingerprint density at radius 1 is 1.27 bits per heavy atom. The van der Waals surface area contributed by atoms with Crippen LogP contribution in [-0.4, -0.2) is 41.9 Å². The highest BCUT2D eigenvalue weighted by Crippen LogP contribution is 2.29. The second-order valence-electron chi connectivity index (χ2n) is 6.17. The van der Waals surface area contributed by atoms with Crippen LogP contribution >= 0.6 is 0 Å². The van der Waals surface area contributed by atoms with Crippen molar-refractivity contribution in [2.45, 2.75) is 32.6 Å². The predicted molar refractivity (Wildman–Crippen MR) is 95.7 cm³/mol. The fraction of sp³-hybridized carbons (Fsp3) is 0.444. The third-order valence-corrected chi connectivity index (χ3v) is 4.17. The maximum atomic E-state index is 12.4. The van der Waals surface area contributed by atoms with Gasteiger partial charge in [0, 0.05) is 19.4 Å². The number of rotatable bonds is 8. The van der Waals surface area contributed by atoms with Crippen LogP contribution in [0.2, 0.25) is 0 Å². The number of nitrogens with zero attached hydrogens (tertiary/aromatic N) is 1. The Balaban J connectivity index is 1.87. The van der Waals surface area contributed by atoms with E-state index in [1.807, 2.05) is 6.92 Å². The normalized spacial score (nSPS) is 14.2. The summed E-state index contributed by atoms with van der Waals surface area (Å²) in [6.45, 7) is 1.84. The average molecular weight is 361 g/mol. The lowest BCUT2D eigenvalue weighted by Crippen LogP contribution is -2.42. The van der Waals surface area contributed by atoms with E-state index in [2.05, 4.69) is 10.6 Å². The molecule has 1 unspecified atom stereocenters. The fourth-order valence-electron chi connectivity index (χ4n) is 2.80. The van der Waals surface area contributed by atoms with Gasteiger partial charge < -0.3 is 20.6 Å². The number of aliphatic carboxylic acids is 1. The minimum atomic E-state index is -0.945. The number of anilines is 2. The van der Waals surface area contributed by atoms with E-state index in [0.29, 0.717) is 24.2 Å². The number of hydrogen-bond donors (Lipinski definition) is 3. The highest BCUT2D eigenvalue weighted by atomic mass is 16.4. The summed E-state index contributed by atoms with van der Waals surface area (Å²) in [4.78, 5) is 48.5. The molecular weight excluding hydrogens is 338 g/mol. The van der Waals surface area contributed by atoms with Crippen LogP contribution in [0.25, 0.3) is 0 Å². The summed E-state index contributed by atoms with van der Waals surface area (Å²) in [5.74, 6) is -2.57. The molecule has 0 saturated heterocycles. The molecule has 1 aromatic rings. The number of para-hydroxylation sites is 2. The summed E-state index contributed by atoms with van der Waals surface area (Å²) >= 11 is 0. The van der Waals surface area contributed by atoms with Gasteiger partial charge in [0.05, 0.1) is 17.3 Å². The first-order chi connectivity index (χ1) is 12.4. The van der Waals surface area contributed by atoms with Gasteiger partial charge in [0.2, 0.25) is 17.7 Å². The number of amides is 3. The molecule has 8 heteroatoms. The zero-order chi connectivity index (χ0) is 19.1. The van der Waals surface area contributed by atoms with Gasteiger partial charge in [-0.15, -0.1) is 0 Å². The molecule has 0 fully saturated rings. The third-order valence-electron chi connectivity index (χ3n) is 4.17. The van der Waals surface area contributed by atoms with E-state index in [0.717, 1.165) is 0 Å². The number of carbonyl (C=O) groups excluding carboxylic acids is 3. The molecule has 140 valence electrons. The van der Waals surface area contributed by atoms with Gasteiger partial charge in [0.1, 0.15) is 6.54 Å². The first-order valence-corrected chi connectivity index (χ1v) is 8.61. The van der Waals surface area contributed by atoms with Crippen molar-refractivity contribution >= 4 is 35.1 Å². The van der Waals surface area contributed by atoms with Crippen LogP contribution in [0.3, 0.4) is 0 Å². The van der Waals surface area contributed by atoms with Gasteiger partial charge in [0.25, 0.3) is 0 Å². The third kappa shape index (κ3) is 5.05. The molecular formula is C18H23N3O5. The van der Waals surface area contributed by atoms with Gasteiger partial charge >= 0.3 is 5.97 Å². The van der Waals surface area contributed by atoms with Crippen molar-refractivity contribution in [2.75, 3.05) is 23.3 Å². The van der Waals surface area contributed by atoms with Crippen molar-refractivity contribution in [1.29, 1.82) is 0 Å². The number of carboxylic acids is 1. The van der Waals surface area contributed by atoms with Crippen LogP contribution in [0.15, 0.2) is 24.3 Å². The maximum absolute atomic E-state index is 12.4. The van der Waals surface area contributed by atoms with Crippen LogP contribution in [0.4, 0.5) is 11.4 Å².